The Kier molecular flexibility index (Phi) is 4.27. The third-order valence-corrected chi connectivity index (χ3v) is 4.56. The number of anilines is 1. The van der Waals surface area contributed by atoms with Crippen LogP contribution in [0.3, 0.4) is 0 Å². The molecule has 4 rings (SSSR count). The Hall–Kier alpha value is -2.98. The van der Waals surface area contributed by atoms with Crippen molar-refractivity contribution < 1.29 is 4.79 Å². The first-order chi connectivity index (χ1) is 12.3. The van der Waals surface area contributed by atoms with Gasteiger partial charge in [0.05, 0.1) is 6.04 Å². The molecule has 25 heavy (non-hydrogen) atoms. The minimum Gasteiger partial charge on any atom is -0.325 e. The lowest BCUT2D eigenvalue weighted by atomic mass is 9.95. The Morgan fingerprint density at radius 1 is 0.920 bits per heavy atom. The van der Waals surface area contributed by atoms with Gasteiger partial charge in [-0.3, -0.25) is 9.78 Å². The van der Waals surface area contributed by atoms with Gasteiger partial charge in [0.2, 0.25) is 5.91 Å². The molecule has 1 aliphatic heterocycles. The largest absolute Gasteiger partial charge is 0.325 e. The number of nitrogens with zero attached hydrogens (tertiary/aromatic N) is 1. The summed E-state index contributed by atoms with van der Waals surface area (Å²) in [6, 6.07) is 19.9. The molecule has 1 amide bonds. The molecular formula is C21H19N3O. The van der Waals surface area contributed by atoms with Gasteiger partial charge >= 0.3 is 0 Å². The molecule has 0 spiro atoms. The number of carbonyl (C=O) groups excluding carboxylic acids is 1. The van der Waals surface area contributed by atoms with Gasteiger partial charge in [-0.1, -0.05) is 36.4 Å². The molecule has 1 atom stereocenters. The van der Waals surface area contributed by atoms with Gasteiger partial charge < -0.3 is 10.6 Å². The van der Waals surface area contributed by atoms with E-state index in [1.54, 1.807) is 12.4 Å². The minimum absolute atomic E-state index is 0.00571. The third-order valence-electron chi connectivity index (χ3n) is 4.56. The second-order valence-corrected chi connectivity index (χ2v) is 6.21. The summed E-state index contributed by atoms with van der Waals surface area (Å²) in [6.45, 7) is 0.731. The molecule has 0 fully saturated rings. The maximum Gasteiger partial charge on any atom is 0.241 e. The van der Waals surface area contributed by atoms with Crippen molar-refractivity contribution in [3.05, 3.63) is 84.2 Å². The summed E-state index contributed by atoms with van der Waals surface area (Å²) in [4.78, 5) is 16.6. The van der Waals surface area contributed by atoms with Gasteiger partial charge in [0.15, 0.2) is 0 Å². The molecular weight excluding hydrogens is 310 g/mol. The molecule has 0 saturated heterocycles. The summed E-state index contributed by atoms with van der Waals surface area (Å²) in [6.07, 6.45) is 4.27. The highest BCUT2D eigenvalue weighted by atomic mass is 16.2. The van der Waals surface area contributed by atoms with Crippen molar-refractivity contribution in [3.8, 4) is 11.1 Å². The van der Waals surface area contributed by atoms with Gasteiger partial charge in [0.1, 0.15) is 0 Å². The summed E-state index contributed by atoms with van der Waals surface area (Å²) in [5.41, 5.74) is 5.54. The Morgan fingerprint density at radius 3 is 2.36 bits per heavy atom. The SMILES string of the molecule is O=C(Nc1ccc(-c2ccncc2)cc1)[C@H]1Cc2ccccc2CN1. The number of pyridine rings is 1. The maximum atomic E-state index is 12.6. The number of rotatable bonds is 3. The first-order valence-corrected chi connectivity index (χ1v) is 8.41. The lowest BCUT2D eigenvalue weighted by Gasteiger charge is -2.25. The summed E-state index contributed by atoms with van der Waals surface area (Å²) in [5.74, 6) is 0.00571. The van der Waals surface area contributed by atoms with Crippen molar-refractivity contribution in [3.63, 3.8) is 0 Å². The second kappa shape index (κ2) is 6.87. The molecule has 0 radical (unpaired) electrons. The lowest BCUT2D eigenvalue weighted by molar-refractivity contribution is -0.118. The minimum atomic E-state index is -0.199. The first-order valence-electron chi connectivity index (χ1n) is 8.41. The smallest absolute Gasteiger partial charge is 0.241 e. The zero-order valence-corrected chi connectivity index (χ0v) is 13.8. The number of hydrogen-bond donors (Lipinski definition) is 2. The molecule has 1 aliphatic rings. The van der Waals surface area contributed by atoms with Crippen LogP contribution >= 0.6 is 0 Å². The van der Waals surface area contributed by atoms with Gasteiger partial charge in [-0.15, -0.1) is 0 Å². The Morgan fingerprint density at radius 2 is 1.60 bits per heavy atom. The third kappa shape index (κ3) is 3.44. The van der Waals surface area contributed by atoms with Gasteiger partial charge in [0, 0.05) is 24.6 Å². The van der Waals surface area contributed by atoms with Crippen LogP contribution in [0, 0.1) is 0 Å². The number of aromatic nitrogens is 1. The van der Waals surface area contributed by atoms with Crippen molar-refractivity contribution in [2.24, 2.45) is 0 Å². The van der Waals surface area contributed by atoms with E-state index in [-0.39, 0.29) is 11.9 Å². The summed E-state index contributed by atoms with van der Waals surface area (Å²) in [7, 11) is 0. The van der Waals surface area contributed by atoms with E-state index in [1.165, 1.54) is 11.1 Å². The molecule has 0 unspecified atom stereocenters. The molecule has 2 aromatic carbocycles. The van der Waals surface area contributed by atoms with Gasteiger partial charge in [-0.25, -0.2) is 0 Å². The topological polar surface area (TPSA) is 54.0 Å². The van der Waals surface area contributed by atoms with Crippen LogP contribution in [-0.2, 0) is 17.8 Å². The number of carbonyl (C=O) groups is 1. The lowest BCUT2D eigenvalue weighted by Crippen LogP contribution is -2.44. The highest BCUT2D eigenvalue weighted by Crippen LogP contribution is 2.21. The number of fused-ring (bicyclic) bond motifs is 1. The Labute approximate surface area is 146 Å². The number of amides is 1. The molecule has 2 N–H and O–H groups in total. The molecule has 3 aromatic rings. The summed E-state index contributed by atoms with van der Waals surface area (Å²) in [5, 5.41) is 6.32. The monoisotopic (exact) mass is 329 g/mol. The van der Waals surface area contributed by atoms with Crippen LogP contribution in [0.1, 0.15) is 11.1 Å². The summed E-state index contributed by atoms with van der Waals surface area (Å²) >= 11 is 0. The average Bonchev–Trinajstić information content (AvgIpc) is 2.69. The molecule has 2 heterocycles. The number of hydrogen-bond acceptors (Lipinski definition) is 3. The number of benzene rings is 2. The van der Waals surface area contributed by atoms with Crippen LogP contribution in [0.5, 0.6) is 0 Å². The van der Waals surface area contributed by atoms with Crippen molar-refractivity contribution >= 4 is 11.6 Å². The van der Waals surface area contributed by atoms with Crippen LogP contribution in [0.25, 0.3) is 11.1 Å². The van der Waals surface area contributed by atoms with Gasteiger partial charge in [0.25, 0.3) is 0 Å². The highest BCUT2D eigenvalue weighted by Gasteiger charge is 2.23. The van der Waals surface area contributed by atoms with E-state index in [1.807, 2.05) is 48.5 Å². The standard InChI is InChI=1S/C21H19N3O/c25-21(20-13-17-3-1-2-4-18(17)14-23-20)24-19-7-5-15(6-8-19)16-9-11-22-12-10-16/h1-12,20,23H,13-14H2,(H,24,25)/t20-/m1/s1. The Balaban J connectivity index is 1.43. The molecule has 4 nitrogen and oxygen atoms in total. The van der Waals surface area contributed by atoms with E-state index in [0.717, 1.165) is 29.8 Å². The molecule has 124 valence electrons. The molecule has 0 aliphatic carbocycles. The van der Waals surface area contributed by atoms with E-state index < -0.39 is 0 Å². The summed E-state index contributed by atoms with van der Waals surface area (Å²) < 4.78 is 0. The quantitative estimate of drug-likeness (QED) is 0.774. The number of nitrogens with one attached hydrogen (secondary N) is 2. The van der Waals surface area contributed by atoms with Gasteiger partial charge in [-0.05, 0) is 52.9 Å². The predicted molar refractivity (Wildman–Crippen MR) is 99.1 cm³/mol. The zero-order valence-electron chi connectivity index (χ0n) is 13.8. The first kappa shape index (κ1) is 15.5. The van der Waals surface area contributed by atoms with Gasteiger partial charge in [-0.2, -0.15) is 0 Å². The van der Waals surface area contributed by atoms with E-state index in [4.69, 9.17) is 0 Å². The molecule has 0 bridgehead atoms. The fourth-order valence-corrected chi connectivity index (χ4v) is 3.16. The average molecular weight is 329 g/mol. The fraction of sp³-hybridized carbons (Fsp3) is 0.143. The second-order valence-electron chi connectivity index (χ2n) is 6.21. The van der Waals surface area contributed by atoms with Crippen LogP contribution in [0.2, 0.25) is 0 Å². The predicted octanol–water partition coefficient (Wildman–Crippen LogP) is 3.40. The van der Waals surface area contributed by atoms with Crippen molar-refractivity contribution in [2.45, 2.75) is 19.0 Å². The molecule has 0 saturated carbocycles. The van der Waals surface area contributed by atoms with Crippen LogP contribution in [0.4, 0.5) is 5.69 Å². The van der Waals surface area contributed by atoms with Crippen LogP contribution < -0.4 is 10.6 Å². The normalized spacial score (nSPS) is 16.1. The zero-order chi connectivity index (χ0) is 17.1. The molecule has 4 heteroatoms. The Bertz CT molecular complexity index is 875. The van der Waals surface area contributed by atoms with E-state index in [9.17, 15) is 4.79 Å². The van der Waals surface area contributed by atoms with Crippen LogP contribution in [-0.4, -0.2) is 16.9 Å². The van der Waals surface area contributed by atoms with E-state index in [2.05, 4.69) is 27.8 Å². The molecule has 1 aromatic heterocycles. The van der Waals surface area contributed by atoms with Crippen LogP contribution in [0.15, 0.2) is 73.1 Å². The van der Waals surface area contributed by atoms with Crippen molar-refractivity contribution in [2.75, 3.05) is 5.32 Å². The van der Waals surface area contributed by atoms with Crippen molar-refractivity contribution in [1.29, 1.82) is 0 Å². The maximum absolute atomic E-state index is 12.6. The fourth-order valence-electron chi connectivity index (χ4n) is 3.16. The van der Waals surface area contributed by atoms with E-state index in [0.29, 0.717) is 0 Å². The van der Waals surface area contributed by atoms with Crippen molar-refractivity contribution in [1.82, 2.24) is 10.3 Å². The highest BCUT2D eigenvalue weighted by molar-refractivity contribution is 5.95. The van der Waals surface area contributed by atoms with E-state index >= 15 is 0 Å².